The molecular weight excluding hydrogens is 407 g/mol. The Morgan fingerprint density at radius 1 is 0.906 bits per heavy atom. The van der Waals surface area contributed by atoms with E-state index in [4.69, 9.17) is 4.74 Å². The average molecular weight is 435 g/mol. The Morgan fingerprint density at radius 3 is 2.25 bits per heavy atom. The van der Waals surface area contributed by atoms with Gasteiger partial charge in [-0.05, 0) is 79.9 Å². The molecule has 0 atom stereocenters. The van der Waals surface area contributed by atoms with Gasteiger partial charge in [0.05, 0.1) is 5.69 Å². The van der Waals surface area contributed by atoms with E-state index in [-0.39, 0.29) is 18.3 Å². The number of ether oxygens (including phenoxy) is 1. The first-order valence-electron chi connectivity index (χ1n) is 10.7. The first kappa shape index (κ1) is 21.7. The van der Waals surface area contributed by atoms with Gasteiger partial charge in [0.1, 0.15) is 11.6 Å². The lowest BCUT2D eigenvalue weighted by Gasteiger charge is -2.35. The van der Waals surface area contributed by atoms with E-state index in [0.29, 0.717) is 31.9 Å². The van der Waals surface area contributed by atoms with Crippen molar-refractivity contribution in [3.05, 3.63) is 71.0 Å². The lowest BCUT2D eigenvalue weighted by atomic mass is 9.99. The first-order chi connectivity index (χ1) is 15.4. The van der Waals surface area contributed by atoms with E-state index in [1.54, 1.807) is 4.90 Å². The summed E-state index contributed by atoms with van der Waals surface area (Å²) >= 11 is 0. The highest BCUT2D eigenvalue weighted by atomic mass is 19.1. The van der Waals surface area contributed by atoms with E-state index in [1.165, 1.54) is 41.0 Å². The number of hydrogen-bond acceptors (Lipinski definition) is 5. The Kier molecular flexibility index (Phi) is 6.35. The molecule has 1 saturated heterocycles. The number of rotatable bonds is 5. The molecule has 6 nitrogen and oxygen atoms in total. The molecule has 1 aromatic heterocycles. The number of hydrogen-bond donors (Lipinski definition) is 0. The summed E-state index contributed by atoms with van der Waals surface area (Å²) in [7, 11) is 0. The Morgan fingerprint density at radius 2 is 1.59 bits per heavy atom. The zero-order valence-electron chi connectivity index (χ0n) is 18.6. The van der Waals surface area contributed by atoms with Gasteiger partial charge in [-0.1, -0.05) is 6.07 Å². The van der Waals surface area contributed by atoms with Crippen LogP contribution in [-0.2, 0) is 4.79 Å². The average Bonchev–Trinajstić information content (AvgIpc) is 2.81. The minimum absolute atomic E-state index is 0.0601. The summed E-state index contributed by atoms with van der Waals surface area (Å²) in [6.07, 6.45) is 0. The van der Waals surface area contributed by atoms with Gasteiger partial charge in [0, 0.05) is 31.7 Å². The highest BCUT2D eigenvalue weighted by Crippen LogP contribution is 2.25. The number of aromatic nitrogens is 2. The predicted molar refractivity (Wildman–Crippen MR) is 122 cm³/mol. The lowest BCUT2D eigenvalue weighted by molar-refractivity contribution is -0.133. The van der Waals surface area contributed by atoms with Crippen LogP contribution in [-0.4, -0.2) is 53.8 Å². The number of aryl methyl sites for hydroxylation is 3. The number of benzene rings is 2. The SMILES string of the molecule is Cc1cc(C)c(-c2ccc(N3CCN(C(=O)COc4ccc(F)cc4)CC3)nn2)cc1C. The third-order valence-corrected chi connectivity index (χ3v) is 5.90. The third-order valence-electron chi connectivity index (χ3n) is 5.90. The van der Waals surface area contributed by atoms with Crippen molar-refractivity contribution in [2.24, 2.45) is 0 Å². The molecule has 2 aromatic carbocycles. The number of amides is 1. The largest absolute Gasteiger partial charge is 0.484 e. The second-order valence-electron chi connectivity index (χ2n) is 8.14. The van der Waals surface area contributed by atoms with Crippen molar-refractivity contribution in [1.29, 1.82) is 0 Å². The topological polar surface area (TPSA) is 58.6 Å². The van der Waals surface area contributed by atoms with Crippen LogP contribution in [0.3, 0.4) is 0 Å². The van der Waals surface area contributed by atoms with Crippen LogP contribution in [0.4, 0.5) is 10.2 Å². The summed E-state index contributed by atoms with van der Waals surface area (Å²) in [5.41, 5.74) is 5.65. The molecule has 0 unspecified atom stereocenters. The van der Waals surface area contributed by atoms with Gasteiger partial charge in [0.2, 0.25) is 0 Å². The van der Waals surface area contributed by atoms with Crippen LogP contribution in [0.25, 0.3) is 11.3 Å². The predicted octanol–water partition coefficient (Wildman–Crippen LogP) is 3.94. The molecule has 7 heteroatoms. The fourth-order valence-electron chi connectivity index (χ4n) is 3.83. The van der Waals surface area contributed by atoms with Crippen molar-refractivity contribution in [2.45, 2.75) is 20.8 Å². The van der Waals surface area contributed by atoms with Gasteiger partial charge in [-0.25, -0.2) is 4.39 Å². The standard InChI is InChI=1S/C25H27FN4O2/c1-17-14-19(3)22(15-18(17)2)23-8-9-24(28-27-23)29-10-12-30(13-11-29)25(31)16-32-21-6-4-20(26)5-7-21/h4-9,14-15H,10-13,16H2,1-3H3. The van der Waals surface area contributed by atoms with E-state index in [1.807, 2.05) is 12.1 Å². The smallest absolute Gasteiger partial charge is 0.260 e. The maximum atomic E-state index is 13.0. The van der Waals surface area contributed by atoms with Gasteiger partial charge in [0.25, 0.3) is 5.91 Å². The maximum absolute atomic E-state index is 13.0. The highest BCUT2D eigenvalue weighted by molar-refractivity contribution is 5.78. The molecule has 0 aliphatic carbocycles. The minimum Gasteiger partial charge on any atom is -0.484 e. The van der Waals surface area contributed by atoms with E-state index in [0.717, 1.165) is 17.1 Å². The Bertz CT molecular complexity index is 1090. The Hall–Kier alpha value is -3.48. The summed E-state index contributed by atoms with van der Waals surface area (Å²) in [6, 6.07) is 14.0. The van der Waals surface area contributed by atoms with Gasteiger partial charge in [-0.3, -0.25) is 4.79 Å². The molecular formula is C25H27FN4O2. The van der Waals surface area contributed by atoms with Crippen molar-refractivity contribution in [2.75, 3.05) is 37.7 Å². The molecule has 3 aromatic rings. The molecule has 0 radical (unpaired) electrons. The van der Waals surface area contributed by atoms with Crippen molar-refractivity contribution < 1.29 is 13.9 Å². The fraction of sp³-hybridized carbons (Fsp3) is 0.320. The van der Waals surface area contributed by atoms with Crippen LogP contribution < -0.4 is 9.64 Å². The summed E-state index contributed by atoms with van der Waals surface area (Å²) < 4.78 is 18.4. The van der Waals surface area contributed by atoms with E-state index in [2.05, 4.69) is 48.0 Å². The molecule has 32 heavy (non-hydrogen) atoms. The second-order valence-corrected chi connectivity index (χ2v) is 8.14. The fourth-order valence-corrected chi connectivity index (χ4v) is 3.83. The molecule has 0 spiro atoms. The quantitative estimate of drug-likeness (QED) is 0.609. The van der Waals surface area contributed by atoms with Crippen molar-refractivity contribution >= 4 is 11.7 Å². The lowest BCUT2D eigenvalue weighted by Crippen LogP contribution is -2.50. The molecule has 2 heterocycles. The molecule has 1 fully saturated rings. The Balaban J connectivity index is 1.32. The highest BCUT2D eigenvalue weighted by Gasteiger charge is 2.22. The zero-order chi connectivity index (χ0) is 22.7. The number of carbonyl (C=O) groups excluding carboxylic acids is 1. The van der Waals surface area contributed by atoms with E-state index >= 15 is 0 Å². The molecule has 1 amide bonds. The van der Waals surface area contributed by atoms with E-state index in [9.17, 15) is 9.18 Å². The van der Waals surface area contributed by atoms with Crippen LogP contribution >= 0.6 is 0 Å². The first-order valence-corrected chi connectivity index (χ1v) is 10.7. The number of piperazine rings is 1. The molecule has 4 rings (SSSR count). The van der Waals surface area contributed by atoms with Crippen molar-refractivity contribution in [3.63, 3.8) is 0 Å². The molecule has 166 valence electrons. The number of nitrogens with zero attached hydrogens (tertiary/aromatic N) is 4. The second kappa shape index (κ2) is 9.34. The third kappa shape index (κ3) is 4.88. The number of halogens is 1. The molecule has 0 N–H and O–H groups in total. The van der Waals surface area contributed by atoms with Gasteiger partial charge in [-0.2, -0.15) is 0 Å². The summed E-state index contributed by atoms with van der Waals surface area (Å²) in [5.74, 6) is 0.873. The molecule has 0 saturated carbocycles. The Labute approximate surface area is 187 Å². The van der Waals surface area contributed by atoms with Crippen molar-refractivity contribution in [1.82, 2.24) is 15.1 Å². The molecule has 1 aliphatic heterocycles. The van der Waals surface area contributed by atoms with Crippen LogP contribution in [0.15, 0.2) is 48.5 Å². The summed E-state index contributed by atoms with van der Waals surface area (Å²) in [4.78, 5) is 16.4. The van der Waals surface area contributed by atoms with Gasteiger partial charge < -0.3 is 14.5 Å². The van der Waals surface area contributed by atoms with Crippen LogP contribution in [0.1, 0.15) is 16.7 Å². The molecule has 1 aliphatic rings. The maximum Gasteiger partial charge on any atom is 0.260 e. The van der Waals surface area contributed by atoms with Gasteiger partial charge in [-0.15, -0.1) is 10.2 Å². The number of carbonyl (C=O) groups is 1. The van der Waals surface area contributed by atoms with E-state index < -0.39 is 0 Å². The minimum atomic E-state index is -0.333. The van der Waals surface area contributed by atoms with Crippen molar-refractivity contribution in [3.8, 4) is 17.0 Å². The summed E-state index contributed by atoms with van der Waals surface area (Å²) in [6.45, 7) is 8.78. The molecule has 0 bridgehead atoms. The van der Waals surface area contributed by atoms with Crippen LogP contribution in [0, 0.1) is 26.6 Å². The van der Waals surface area contributed by atoms with Crippen LogP contribution in [0.5, 0.6) is 5.75 Å². The monoisotopic (exact) mass is 434 g/mol. The normalized spacial score (nSPS) is 13.9. The van der Waals surface area contributed by atoms with Gasteiger partial charge in [0.15, 0.2) is 12.4 Å². The summed E-state index contributed by atoms with van der Waals surface area (Å²) in [5, 5.41) is 8.90. The number of anilines is 1. The zero-order valence-corrected chi connectivity index (χ0v) is 18.6. The van der Waals surface area contributed by atoms with Gasteiger partial charge >= 0.3 is 0 Å². The van der Waals surface area contributed by atoms with Crippen LogP contribution in [0.2, 0.25) is 0 Å².